The Bertz CT molecular complexity index is 875. The molecule has 2 nitrogen and oxygen atoms in total. The van der Waals surface area contributed by atoms with Crippen molar-refractivity contribution >= 4 is 11.6 Å². The van der Waals surface area contributed by atoms with E-state index in [0.717, 1.165) is 60.5 Å². The summed E-state index contributed by atoms with van der Waals surface area (Å²) in [7, 11) is 0. The second kappa shape index (κ2) is 11.2. The van der Waals surface area contributed by atoms with Crippen LogP contribution in [0.15, 0.2) is 54.6 Å². The van der Waals surface area contributed by atoms with Gasteiger partial charge >= 0.3 is 0 Å². The van der Waals surface area contributed by atoms with Crippen molar-refractivity contribution in [3.63, 3.8) is 0 Å². The van der Waals surface area contributed by atoms with Gasteiger partial charge in [-0.05, 0) is 38.3 Å². The molecule has 1 aliphatic rings. The first-order valence-corrected chi connectivity index (χ1v) is 12.3. The molecule has 2 aromatic carbocycles. The monoisotopic (exact) mass is 438 g/mol. The van der Waals surface area contributed by atoms with Crippen LogP contribution < -0.4 is 0 Å². The summed E-state index contributed by atoms with van der Waals surface area (Å²) in [5.74, 6) is 6.96. The molecule has 31 heavy (non-hydrogen) atoms. The quantitative estimate of drug-likeness (QED) is 0.365. The molecule has 0 unspecified atom stereocenters. The van der Waals surface area contributed by atoms with Gasteiger partial charge in [0, 0.05) is 16.5 Å². The SMILES string of the molecule is CC[N+](CC)(CCC#C[C@@](O)(c1ccccc1)C1CCCCC1)Cc1ccccc1Cl. The van der Waals surface area contributed by atoms with E-state index in [4.69, 9.17) is 11.6 Å². The molecule has 2 aromatic rings. The standard InChI is InChI=1S/C28H37ClNO/c1-3-30(4-2,23-24-15-11-12-20-27(24)29)22-14-13-21-28(31,25-16-7-5-8-17-25)26-18-9-6-10-19-26/h5,7-8,11-12,15-17,20,26,31H,3-4,6,9-10,14,18-19,22-23H2,1-2H3/q+1/t28-/m1/s1. The third-order valence-corrected chi connectivity index (χ3v) is 7.57. The molecule has 1 saturated carbocycles. The van der Waals surface area contributed by atoms with Crippen molar-refractivity contribution in [2.75, 3.05) is 19.6 Å². The third kappa shape index (κ3) is 5.92. The highest BCUT2D eigenvalue weighted by molar-refractivity contribution is 6.31. The topological polar surface area (TPSA) is 20.2 Å². The molecule has 3 heteroatoms. The van der Waals surface area contributed by atoms with Crippen LogP contribution in [-0.2, 0) is 12.1 Å². The normalized spacial score (nSPS) is 16.9. The second-order valence-electron chi connectivity index (χ2n) is 8.97. The minimum absolute atomic E-state index is 0.218. The first-order valence-electron chi connectivity index (χ1n) is 11.9. The zero-order valence-corrected chi connectivity index (χ0v) is 19.9. The number of halogens is 1. The van der Waals surface area contributed by atoms with Crippen LogP contribution in [0.4, 0.5) is 0 Å². The van der Waals surface area contributed by atoms with Crippen LogP contribution >= 0.6 is 11.6 Å². The van der Waals surface area contributed by atoms with Gasteiger partial charge < -0.3 is 9.59 Å². The fraction of sp³-hybridized carbons (Fsp3) is 0.500. The fourth-order valence-electron chi connectivity index (χ4n) is 4.94. The van der Waals surface area contributed by atoms with Crippen molar-refractivity contribution < 1.29 is 9.59 Å². The molecule has 1 fully saturated rings. The van der Waals surface area contributed by atoms with Gasteiger partial charge in [0.15, 0.2) is 5.60 Å². The van der Waals surface area contributed by atoms with Crippen molar-refractivity contribution in [3.05, 3.63) is 70.7 Å². The summed E-state index contributed by atoms with van der Waals surface area (Å²) in [6.07, 6.45) is 6.51. The molecule has 166 valence electrons. The highest BCUT2D eigenvalue weighted by Gasteiger charge is 2.37. The minimum atomic E-state index is -1.04. The summed E-state index contributed by atoms with van der Waals surface area (Å²) in [5, 5.41) is 12.6. The molecule has 0 bridgehead atoms. The van der Waals surface area contributed by atoms with Crippen molar-refractivity contribution in [2.45, 2.75) is 64.5 Å². The van der Waals surface area contributed by atoms with Crippen molar-refractivity contribution in [1.82, 2.24) is 0 Å². The minimum Gasteiger partial charge on any atom is -0.373 e. The van der Waals surface area contributed by atoms with E-state index in [9.17, 15) is 5.11 Å². The van der Waals surface area contributed by atoms with Gasteiger partial charge in [-0.3, -0.25) is 0 Å². The van der Waals surface area contributed by atoms with E-state index in [0.29, 0.717) is 0 Å². The zero-order valence-electron chi connectivity index (χ0n) is 19.1. The van der Waals surface area contributed by atoms with Crippen molar-refractivity contribution in [2.24, 2.45) is 5.92 Å². The number of quaternary nitrogens is 1. The second-order valence-corrected chi connectivity index (χ2v) is 9.37. The lowest BCUT2D eigenvalue weighted by Gasteiger charge is -2.37. The molecular formula is C28H37ClNO+. The van der Waals surface area contributed by atoms with E-state index in [-0.39, 0.29) is 5.92 Å². The number of nitrogens with zero attached hydrogens (tertiary/aromatic N) is 1. The molecule has 1 N–H and O–H groups in total. The lowest BCUT2D eigenvalue weighted by atomic mass is 9.73. The molecule has 0 aliphatic heterocycles. The average Bonchev–Trinajstić information content (AvgIpc) is 2.83. The molecule has 1 aliphatic carbocycles. The lowest BCUT2D eigenvalue weighted by Crippen LogP contribution is -2.47. The van der Waals surface area contributed by atoms with Crippen LogP contribution in [0.3, 0.4) is 0 Å². The summed E-state index contributed by atoms with van der Waals surface area (Å²) in [5.41, 5.74) is 1.10. The smallest absolute Gasteiger partial charge is 0.153 e. The molecule has 1 atom stereocenters. The highest BCUT2D eigenvalue weighted by atomic mass is 35.5. The van der Waals surface area contributed by atoms with Gasteiger partial charge in [0.25, 0.3) is 0 Å². The van der Waals surface area contributed by atoms with Gasteiger partial charge in [0.2, 0.25) is 0 Å². The van der Waals surface area contributed by atoms with E-state index < -0.39 is 5.60 Å². The number of hydrogen-bond donors (Lipinski definition) is 1. The van der Waals surface area contributed by atoms with Crippen LogP contribution in [0.2, 0.25) is 5.02 Å². The number of rotatable bonds is 8. The Balaban J connectivity index is 1.77. The predicted molar refractivity (Wildman–Crippen MR) is 131 cm³/mol. The summed E-state index contributed by atoms with van der Waals surface area (Å²) in [6.45, 7) is 8.44. The molecule has 0 aromatic heterocycles. The van der Waals surface area contributed by atoms with E-state index in [2.05, 4.69) is 37.8 Å². The van der Waals surface area contributed by atoms with Gasteiger partial charge in [-0.15, -0.1) is 0 Å². The van der Waals surface area contributed by atoms with Gasteiger partial charge in [-0.25, -0.2) is 0 Å². The molecular weight excluding hydrogens is 402 g/mol. The van der Waals surface area contributed by atoms with Crippen LogP contribution in [0.25, 0.3) is 0 Å². The largest absolute Gasteiger partial charge is 0.373 e. The Labute approximate surface area is 193 Å². The summed E-state index contributed by atoms with van der Waals surface area (Å²) < 4.78 is 0.950. The van der Waals surface area contributed by atoms with Gasteiger partial charge in [-0.2, -0.15) is 0 Å². The number of hydrogen-bond acceptors (Lipinski definition) is 1. The lowest BCUT2D eigenvalue weighted by molar-refractivity contribution is -0.937. The van der Waals surface area contributed by atoms with Crippen molar-refractivity contribution in [1.29, 1.82) is 0 Å². The first kappa shape index (κ1) is 23.9. The molecule has 0 heterocycles. The molecule has 0 saturated heterocycles. The summed E-state index contributed by atoms with van der Waals surface area (Å²) in [4.78, 5) is 0. The van der Waals surface area contributed by atoms with Crippen LogP contribution in [-0.4, -0.2) is 29.2 Å². The van der Waals surface area contributed by atoms with Gasteiger partial charge in [0.1, 0.15) is 6.54 Å². The maximum Gasteiger partial charge on any atom is 0.153 e. The summed E-state index contributed by atoms with van der Waals surface area (Å²) >= 11 is 6.45. The predicted octanol–water partition coefficient (Wildman–Crippen LogP) is 6.56. The number of benzene rings is 2. The van der Waals surface area contributed by atoms with Crippen LogP contribution in [0, 0.1) is 17.8 Å². The Morgan fingerprint density at radius 1 is 0.968 bits per heavy atom. The molecule has 0 spiro atoms. The van der Waals surface area contributed by atoms with E-state index in [1.165, 1.54) is 24.8 Å². The third-order valence-electron chi connectivity index (χ3n) is 7.21. The average molecular weight is 439 g/mol. The Morgan fingerprint density at radius 2 is 1.61 bits per heavy atom. The van der Waals surface area contributed by atoms with Gasteiger partial charge in [-0.1, -0.05) is 91.2 Å². The van der Waals surface area contributed by atoms with Crippen LogP contribution in [0.1, 0.15) is 63.5 Å². The van der Waals surface area contributed by atoms with Crippen LogP contribution in [0.5, 0.6) is 0 Å². The van der Waals surface area contributed by atoms with Crippen molar-refractivity contribution in [3.8, 4) is 11.8 Å². The molecule has 0 radical (unpaired) electrons. The maximum atomic E-state index is 11.7. The van der Waals surface area contributed by atoms with E-state index in [1.807, 2.05) is 42.5 Å². The first-order chi connectivity index (χ1) is 15.0. The van der Waals surface area contributed by atoms with Gasteiger partial charge in [0.05, 0.1) is 26.1 Å². The highest BCUT2D eigenvalue weighted by Crippen LogP contribution is 2.39. The Hall–Kier alpha value is -1.79. The number of aliphatic hydroxyl groups is 1. The van der Waals surface area contributed by atoms with E-state index >= 15 is 0 Å². The fourth-order valence-corrected chi connectivity index (χ4v) is 5.14. The maximum absolute atomic E-state index is 11.7. The molecule has 3 rings (SSSR count). The Kier molecular flexibility index (Phi) is 8.61. The van der Waals surface area contributed by atoms with E-state index in [1.54, 1.807) is 0 Å². The zero-order chi connectivity index (χ0) is 22.2. The Morgan fingerprint density at radius 3 is 2.26 bits per heavy atom. The molecule has 0 amide bonds. The summed E-state index contributed by atoms with van der Waals surface area (Å²) in [6, 6.07) is 18.2.